The number of amides is 1. The number of ketones is 1. The lowest BCUT2D eigenvalue weighted by Crippen LogP contribution is -2.36. The summed E-state index contributed by atoms with van der Waals surface area (Å²) >= 11 is 0. The smallest absolute Gasteiger partial charge is 0.220 e. The van der Waals surface area contributed by atoms with Crippen LogP contribution in [0.4, 0.5) is 5.69 Å². The predicted molar refractivity (Wildman–Crippen MR) is 108 cm³/mol. The van der Waals surface area contributed by atoms with Gasteiger partial charge in [0.25, 0.3) is 0 Å². The number of nitrogens with one attached hydrogen (secondary N) is 1. The van der Waals surface area contributed by atoms with Gasteiger partial charge in [-0.25, -0.2) is 0 Å². The van der Waals surface area contributed by atoms with Crippen molar-refractivity contribution in [3.05, 3.63) is 60.2 Å². The van der Waals surface area contributed by atoms with E-state index in [1.807, 2.05) is 54.6 Å². The van der Waals surface area contributed by atoms with Crippen molar-refractivity contribution in [1.82, 2.24) is 5.32 Å². The molecular formula is C22H26N2O4. The quantitative estimate of drug-likeness (QED) is 0.533. The maximum Gasteiger partial charge on any atom is 0.220 e. The van der Waals surface area contributed by atoms with E-state index in [4.69, 9.17) is 9.47 Å². The zero-order valence-corrected chi connectivity index (χ0v) is 15.9. The summed E-state index contributed by atoms with van der Waals surface area (Å²) in [6.45, 7) is 3.64. The predicted octanol–water partition coefficient (Wildman–Crippen LogP) is 2.68. The number of hydrogen-bond acceptors (Lipinski definition) is 5. The number of benzene rings is 2. The van der Waals surface area contributed by atoms with Crippen molar-refractivity contribution in [3.63, 3.8) is 0 Å². The molecule has 28 heavy (non-hydrogen) atoms. The van der Waals surface area contributed by atoms with Gasteiger partial charge in [-0.2, -0.15) is 0 Å². The molecule has 0 bridgehead atoms. The van der Waals surface area contributed by atoms with Crippen molar-refractivity contribution in [2.24, 2.45) is 0 Å². The van der Waals surface area contributed by atoms with Gasteiger partial charge in [-0.05, 0) is 42.8 Å². The summed E-state index contributed by atoms with van der Waals surface area (Å²) in [5.74, 6) is 0.552. The Morgan fingerprint density at radius 1 is 1.00 bits per heavy atom. The highest BCUT2D eigenvalue weighted by molar-refractivity contribution is 5.99. The Bertz CT molecular complexity index is 756. The van der Waals surface area contributed by atoms with E-state index < -0.39 is 0 Å². The fraction of sp³-hybridized carbons (Fsp3) is 0.364. The van der Waals surface area contributed by atoms with Gasteiger partial charge in [0.15, 0.2) is 5.78 Å². The van der Waals surface area contributed by atoms with Gasteiger partial charge in [0.05, 0.1) is 26.4 Å². The molecule has 1 heterocycles. The monoisotopic (exact) mass is 382 g/mol. The minimum Gasteiger partial charge on any atom is -0.494 e. The summed E-state index contributed by atoms with van der Waals surface area (Å²) in [5.41, 5.74) is 1.69. The third kappa shape index (κ3) is 6.09. The molecule has 148 valence electrons. The van der Waals surface area contributed by atoms with E-state index in [2.05, 4.69) is 10.2 Å². The molecule has 2 aromatic carbocycles. The average Bonchev–Trinajstić information content (AvgIpc) is 2.76. The number of carbonyl (C=O) groups excluding carboxylic acids is 2. The fourth-order valence-electron chi connectivity index (χ4n) is 2.99. The van der Waals surface area contributed by atoms with Crippen molar-refractivity contribution in [2.75, 3.05) is 44.4 Å². The van der Waals surface area contributed by atoms with Gasteiger partial charge >= 0.3 is 0 Å². The first-order valence-corrected chi connectivity index (χ1v) is 9.63. The highest BCUT2D eigenvalue weighted by Crippen LogP contribution is 2.17. The number of hydrogen-bond donors (Lipinski definition) is 1. The lowest BCUT2D eigenvalue weighted by atomic mass is 10.1. The number of ether oxygens (including phenoxy) is 2. The first-order valence-electron chi connectivity index (χ1n) is 9.63. The molecule has 0 aromatic heterocycles. The molecule has 1 fully saturated rings. The maximum absolute atomic E-state index is 12.3. The van der Waals surface area contributed by atoms with Crippen molar-refractivity contribution >= 4 is 17.4 Å². The van der Waals surface area contributed by atoms with Crippen molar-refractivity contribution in [3.8, 4) is 5.75 Å². The molecule has 1 amide bonds. The first-order chi connectivity index (χ1) is 13.7. The van der Waals surface area contributed by atoms with Gasteiger partial charge in [-0.3, -0.25) is 9.59 Å². The molecule has 1 aliphatic rings. The van der Waals surface area contributed by atoms with Gasteiger partial charge in [-0.1, -0.05) is 18.2 Å². The van der Waals surface area contributed by atoms with Crippen LogP contribution in [0.2, 0.25) is 0 Å². The summed E-state index contributed by atoms with van der Waals surface area (Å²) in [7, 11) is 0. The van der Waals surface area contributed by atoms with Gasteiger partial charge < -0.3 is 19.7 Å². The van der Waals surface area contributed by atoms with Crippen molar-refractivity contribution in [1.29, 1.82) is 0 Å². The summed E-state index contributed by atoms with van der Waals surface area (Å²) < 4.78 is 10.9. The van der Waals surface area contributed by atoms with Crippen molar-refractivity contribution < 1.29 is 19.1 Å². The molecule has 1 N–H and O–H groups in total. The second-order valence-corrected chi connectivity index (χ2v) is 6.61. The Balaban J connectivity index is 1.35. The highest BCUT2D eigenvalue weighted by Gasteiger charge is 2.13. The minimum absolute atomic E-state index is 0.00920. The molecule has 0 saturated carbocycles. The lowest BCUT2D eigenvalue weighted by Gasteiger charge is -2.28. The van der Waals surface area contributed by atoms with Crippen LogP contribution in [0, 0.1) is 0 Å². The third-order valence-corrected chi connectivity index (χ3v) is 4.57. The van der Waals surface area contributed by atoms with Crippen molar-refractivity contribution in [2.45, 2.75) is 12.8 Å². The number of carbonyl (C=O) groups is 2. The van der Waals surface area contributed by atoms with Crippen LogP contribution in [0.15, 0.2) is 54.6 Å². The standard InChI is InChI=1S/C22H26N2O4/c25-21(18-8-10-19(11-9-18)24-12-15-27-16-13-24)17-23-22(26)7-4-14-28-20-5-2-1-3-6-20/h1-3,5-6,8-11H,4,7,12-17H2,(H,23,26). The van der Waals surface area contributed by atoms with E-state index >= 15 is 0 Å². The Hall–Kier alpha value is -2.86. The molecule has 0 spiro atoms. The van der Waals surface area contributed by atoms with E-state index in [-0.39, 0.29) is 18.2 Å². The van der Waals surface area contributed by atoms with Gasteiger partial charge in [-0.15, -0.1) is 0 Å². The normalized spacial score (nSPS) is 13.8. The third-order valence-electron chi connectivity index (χ3n) is 4.57. The van der Waals surface area contributed by atoms with Crippen LogP contribution in [0.25, 0.3) is 0 Å². The summed E-state index contributed by atoms with van der Waals surface area (Å²) in [6, 6.07) is 17.0. The summed E-state index contributed by atoms with van der Waals surface area (Å²) in [5, 5.41) is 2.69. The number of para-hydroxylation sites is 1. The zero-order chi connectivity index (χ0) is 19.6. The zero-order valence-electron chi connectivity index (χ0n) is 15.9. The van der Waals surface area contributed by atoms with E-state index in [9.17, 15) is 9.59 Å². The van der Waals surface area contributed by atoms with Crippen LogP contribution in [0.5, 0.6) is 5.75 Å². The van der Waals surface area contributed by atoms with E-state index in [0.717, 1.165) is 37.7 Å². The molecule has 0 unspecified atom stereocenters. The van der Waals surface area contributed by atoms with Crippen LogP contribution in [0.1, 0.15) is 23.2 Å². The largest absolute Gasteiger partial charge is 0.494 e. The second kappa shape index (κ2) is 10.5. The maximum atomic E-state index is 12.3. The SMILES string of the molecule is O=C(CCCOc1ccccc1)NCC(=O)c1ccc(N2CCOCC2)cc1. The van der Waals surface area contributed by atoms with Gasteiger partial charge in [0, 0.05) is 30.8 Å². The second-order valence-electron chi connectivity index (χ2n) is 6.61. The molecule has 1 saturated heterocycles. The number of anilines is 1. The van der Waals surface area contributed by atoms with Gasteiger partial charge in [0.2, 0.25) is 5.91 Å². The van der Waals surface area contributed by atoms with Gasteiger partial charge in [0.1, 0.15) is 5.75 Å². The fourth-order valence-corrected chi connectivity index (χ4v) is 2.99. The lowest BCUT2D eigenvalue weighted by molar-refractivity contribution is -0.121. The molecule has 6 nitrogen and oxygen atoms in total. The van der Waals surface area contributed by atoms with E-state index in [0.29, 0.717) is 25.0 Å². The minimum atomic E-state index is -0.144. The molecular weight excluding hydrogens is 356 g/mol. The Morgan fingerprint density at radius 3 is 2.43 bits per heavy atom. The summed E-state index contributed by atoms with van der Waals surface area (Å²) in [4.78, 5) is 26.4. The molecule has 1 aliphatic heterocycles. The molecule has 0 radical (unpaired) electrons. The number of rotatable bonds is 9. The molecule has 2 aromatic rings. The molecule has 0 aliphatic carbocycles. The first kappa shape index (κ1) is 19.9. The van der Waals surface area contributed by atoms with Crippen LogP contribution in [-0.2, 0) is 9.53 Å². The highest BCUT2D eigenvalue weighted by atomic mass is 16.5. The van der Waals surface area contributed by atoms with E-state index in [1.54, 1.807) is 0 Å². The van der Waals surface area contributed by atoms with Crippen LogP contribution < -0.4 is 15.0 Å². The number of morpholine rings is 1. The Kier molecular flexibility index (Phi) is 7.44. The molecule has 6 heteroatoms. The number of nitrogens with zero attached hydrogens (tertiary/aromatic N) is 1. The molecule has 0 atom stereocenters. The van der Waals surface area contributed by atoms with Crippen LogP contribution in [-0.4, -0.2) is 51.1 Å². The Labute approximate surface area is 165 Å². The Morgan fingerprint density at radius 2 is 1.71 bits per heavy atom. The average molecular weight is 382 g/mol. The topological polar surface area (TPSA) is 67.9 Å². The molecule has 3 rings (SSSR count). The van der Waals surface area contributed by atoms with Crippen LogP contribution >= 0.6 is 0 Å². The van der Waals surface area contributed by atoms with Crippen LogP contribution in [0.3, 0.4) is 0 Å². The summed E-state index contributed by atoms with van der Waals surface area (Å²) in [6.07, 6.45) is 0.930. The van der Waals surface area contributed by atoms with E-state index in [1.165, 1.54) is 0 Å². The number of Topliss-reactive ketones (excluding diaryl/α,β-unsaturated/α-hetero) is 1.